The van der Waals surface area contributed by atoms with Crippen LogP contribution in [0.3, 0.4) is 0 Å². The first-order chi connectivity index (χ1) is 8.33. The van der Waals surface area contributed by atoms with E-state index in [0.29, 0.717) is 0 Å². The maximum atomic E-state index is 5.67. The standard InChI is InChI=1S/C14H13N3/c15-12-5-3-10(4-6-12)8-11-9-17-14-13(11)2-1-7-16-14/h1-8H,9,15H2,(H,16,17). The highest BCUT2D eigenvalue weighted by Gasteiger charge is 2.15. The second-order valence-electron chi connectivity index (χ2n) is 4.09. The van der Waals surface area contributed by atoms with Gasteiger partial charge in [0.2, 0.25) is 0 Å². The molecule has 0 aliphatic carbocycles. The molecule has 1 aliphatic rings. The molecule has 3 N–H and O–H groups in total. The van der Waals surface area contributed by atoms with Gasteiger partial charge < -0.3 is 11.1 Å². The van der Waals surface area contributed by atoms with Crippen molar-refractivity contribution in [1.29, 1.82) is 0 Å². The number of nitrogens with one attached hydrogen (secondary N) is 1. The Morgan fingerprint density at radius 3 is 2.82 bits per heavy atom. The molecule has 3 rings (SSSR count). The largest absolute Gasteiger partial charge is 0.399 e. The molecule has 84 valence electrons. The Bertz CT molecular complexity index is 570. The summed E-state index contributed by atoms with van der Waals surface area (Å²) in [6.45, 7) is 0.830. The number of nitrogens with zero attached hydrogens (tertiary/aromatic N) is 1. The summed E-state index contributed by atoms with van der Waals surface area (Å²) in [5, 5.41) is 3.28. The summed E-state index contributed by atoms with van der Waals surface area (Å²) in [5.74, 6) is 0.967. The summed E-state index contributed by atoms with van der Waals surface area (Å²) in [4.78, 5) is 4.29. The molecule has 17 heavy (non-hydrogen) atoms. The van der Waals surface area contributed by atoms with E-state index in [2.05, 4.69) is 22.4 Å². The van der Waals surface area contributed by atoms with Gasteiger partial charge in [0.15, 0.2) is 0 Å². The van der Waals surface area contributed by atoms with Crippen LogP contribution >= 0.6 is 0 Å². The molecule has 0 bridgehead atoms. The van der Waals surface area contributed by atoms with E-state index in [0.717, 1.165) is 23.6 Å². The van der Waals surface area contributed by atoms with Crippen molar-refractivity contribution in [3.8, 4) is 0 Å². The number of nitrogens with two attached hydrogens (primary N) is 1. The Balaban J connectivity index is 1.99. The van der Waals surface area contributed by atoms with Crippen molar-refractivity contribution in [3.63, 3.8) is 0 Å². The number of anilines is 2. The van der Waals surface area contributed by atoms with Crippen molar-refractivity contribution >= 4 is 23.2 Å². The third-order valence-corrected chi connectivity index (χ3v) is 2.88. The fraction of sp³-hybridized carbons (Fsp3) is 0.0714. The first-order valence-electron chi connectivity index (χ1n) is 5.58. The van der Waals surface area contributed by atoms with E-state index in [1.807, 2.05) is 30.3 Å². The average molecular weight is 223 g/mol. The van der Waals surface area contributed by atoms with Gasteiger partial charge in [-0.15, -0.1) is 0 Å². The molecule has 0 unspecified atom stereocenters. The van der Waals surface area contributed by atoms with Gasteiger partial charge in [0.1, 0.15) is 5.82 Å². The first kappa shape index (κ1) is 9.90. The van der Waals surface area contributed by atoms with Crippen molar-refractivity contribution in [3.05, 3.63) is 53.7 Å². The van der Waals surface area contributed by atoms with E-state index in [4.69, 9.17) is 5.73 Å². The van der Waals surface area contributed by atoms with Crippen molar-refractivity contribution in [2.75, 3.05) is 17.6 Å². The van der Waals surface area contributed by atoms with E-state index in [1.54, 1.807) is 6.20 Å². The maximum absolute atomic E-state index is 5.67. The third-order valence-electron chi connectivity index (χ3n) is 2.88. The molecule has 1 aromatic carbocycles. The van der Waals surface area contributed by atoms with Gasteiger partial charge in [-0.05, 0) is 41.5 Å². The molecule has 1 aromatic heterocycles. The fourth-order valence-electron chi connectivity index (χ4n) is 2.00. The van der Waals surface area contributed by atoms with Crippen LogP contribution in [0.15, 0.2) is 42.6 Å². The Morgan fingerprint density at radius 1 is 1.18 bits per heavy atom. The van der Waals surface area contributed by atoms with Crippen molar-refractivity contribution in [2.45, 2.75) is 0 Å². The molecule has 0 saturated carbocycles. The zero-order valence-electron chi connectivity index (χ0n) is 9.35. The number of benzene rings is 1. The molecule has 3 nitrogen and oxygen atoms in total. The summed E-state index contributed by atoms with van der Waals surface area (Å²) >= 11 is 0. The number of aromatic nitrogens is 1. The number of fused-ring (bicyclic) bond motifs is 1. The lowest BCUT2D eigenvalue weighted by molar-refractivity contribution is 1.29. The third kappa shape index (κ3) is 1.87. The van der Waals surface area contributed by atoms with Gasteiger partial charge in [-0.3, -0.25) is 0 Å². The molecular formula is C14H13N3. The highest BCUT2D eigenvalue weighted by molar-refractivity contribution is 5.91. The Kier molecular flexibility index (Phi) is 2.29. The van der Waals surface area contributed by atoms with Gasteiger partial charge in [-0.2, -0.15) is 0 Å². The molecule has 1 aliphatic heterocycles. The second kappa shape index (κ2) is 3.94. The summed E-state index contributed by atoms with van der Waals surface area (Å²) in [6, 6.07) is 11.9. The fourth-order valence-corrected chi connectivity index (χ4v) is 2.00. The Labute approximate surface area is 100.0 Å². The first-order valence-corrected chi connectivity index (χ1v) is 5.58. The number of rotatable bonds is 1. The smallest absolute Gasteiger partial charge is 0.133 e. The lowest BCUT2D eigenvalue weighted by atomic mass is 10.1. The van der Waals surface area contributed by atoms with Crippen molar-refractivity contribution in [2.24, 2.45) is 0 Å². The highest BCUT2D eigenvalue weighted by atomic mass is 15.0. The summed E-state index contributed by atoms with van der Waals surface area (Å²) in [6.07, 6.45) is 3.97. The van der Waals surface area contributed by atoms with Crippen molar-refractivity contribution < 1.29 is 0 Å². The zero-order chi connectivity index (χ0) is 11.7. The quantitative estimate of drug-likeness (QED) is 0.731. The molecule has 0 spiro atoms. The maximum Gasteiger partial charge on any atom is 0.133 e. The van der Waals surface area contributed by atoms with E-state index < -0.39 is 0 Å². The van der Waals surface area contributed by atoms with E-state index in [9.17, 15) is 0 Å². The van der Waals surface area contributed by atoms with E-state index in [1.165, 1.54) is 11.1 Å². The Hall–Kier alpha value is -2.29. The molecule has 2 aromatic rings. The molecule has 0 radical (unpaired) electrons. The van der Waals surface area contributed by atoms with Gasteiger partial charge >= 0.3 is 0 Å². The van der Waals surface area contributed by atoms with Crippen LogP contribution in [-0.4, -0.2) is 11.5 Å². The van der Waals surface area contributed by atoms with Crippen LogP contribution in [0.2, 0.25) is 0 Å². The van der Waals surface area contributed by atoms with Gasteiger partial charge in [-0.1, -0.05) is 12.1 Å². The summed E-state index contributed by atoms with van der Waals surface area (Å²) in [7, 11) is 0. The molecule has 3 heteroatoms. The predicted molar refractivity (Wildman–Crippen MR) is 71.5 cm³/mol. The minimum absolute atomic E-state index is 0.791. The molecule has 0 fully saturated rings. The predicted octanol–water partition coefficient (Wildman–Crippen LogP) is 2.63. The summed E-state index contributed by atoms with van der Waals surface area (Å²) < 4.78 is 0. The number of hydrogen-bond donors (Lipinski definition) is 2. The summed E-state index contributed by atoms with van der Waals surface area (Å²) in [5.41, 5.74) is 10.1. The van der Waals surface area contributed by atoms with Gasteiger partial charge in [-0.25, -0.2) is 4.98 Å². The van der Waals surface area contributed by atoms with Crippen LogP contribution in [0.5, 0.6) is 0 Å². The van der Waals surface area contributed by atoms with Crippen LogP contribution in [-0.2, 0) is 0 Å². The normalized spacial score (nSPS) is 15.6. The lowest BCUT2D eigenvalue weighted by Crippen LogP contribution is -1.92. The number of hydrogen-bond acceptors (Lipinski definition) is 3. The van der Waals surface area contributed by atoms with Gasteiger partial charge in [0.05, 0.1) is 0 Å². The minimum Gasteiger partial charge on any atom is -0.399 e. The molecular weight excluding hydrogens is 210 g/mol. The van der Waals surface area contributed by atoms with Crippen molar-refractivity contribution in [1.82, 2.24) is 4.98 Å². The monoisotopic (exact) mass is 223 g/mol. The average Bonchev–Trinajstić information content (AvgIpc) is 2.76. The number of pyridine rings is 1. The molecule has 0 atom stereocenters. The Morgan fingerprint density at radius 2 is 2.00 bits per heavy atom. The van der Waals surface area contributed by atoms with Crippen LogP contribution in [0, 0.1) is 0 Å². The van der Waals surface area contributed by atoms with Crippen LogP contribution < -0.4 is 11.1 Å². The topological polar surface area (TPSA) is 50.9 Å². The molecule has 0 amide bonds. The second-order valence-corrected chi connectivity index (χ2v) is 4.09. The molecule has 2 heterocycles. The van der Waals surface area contributed by atoms with E-state index in [-0.39, 0.29) is 0 Å². The SMILES string of the molecule is Nc1ccc(C=C2CNc3ncccc32)cc1. The van der Waals surface area contributed by atoms with Gasteiger partial charge in [0.25, 0.3) is 0 Å². The number of nitrogen functional groups attached to an aromatic ring is 1. The van der Waals surface area contributed by atoms with Gasteiger partial charge in [0, 0.05) is 24.0 Å². The molecule has 0 saturated heterocycles. The highest BCUT2D eigenvalue weighted by Crippen LogP contribution is 2.29. The van der Waals surface area contributed by atoms with E-state index >= 15 is 0 Å². The lowest BCUT2D eigenvalue weighted by Gasteiger charge is -1.99. The zero-order valence-corrected chi connectivity index (χ0v) is 9.35. The minimum atomic E-state index is 0.791. The van der Waals surface area contributed by atoms with Crippen LogP contribution in [0.4, 0.5) is 11.5 Å². The van der Waals surface area contributed by atoms with Crippen LogP contribution in [0.25, 0.3) is 11.6 Å². The van der Waals surface area contributed by atoms with Crippen LogP contribution in [0.1, 0.15) is 11.1 Å².